The molecule has 0 heterocycles. The lowest BCUT2D eigenvalue weighted by Gasteiger charge is -2.26. The SMILES string of the molecule is CCCC[C@H](CC(=O)c1ccccc1)[C@@H](OC(C)=O)C(=O)Oc1c(C(C)C)cccc1C(C)C. The number of hydrogen-bond donors (Lipinski definition) is 0. The first kappa shape index (κ1) is 27.3. The van der Waals surface area contributed by atoms with Gasteiger partial charge in [-0.25, -0.2) is 4.79 Å². The van der Waals surface area contributed by atoms with Gasteiger partial charge in [-0.3, -0.25) is 9.59 Å². The van der Waals surface area contributed by atoms with Crippen LogP contribution in [0.1, 0.15) is 101 Å². The number of esters is 2. The van der Waals surface area contributed by atoms with Crippen LogP contribution < -0.4 is 4.74 Å². The smallest absolute Gasteiger partial charge is 0.353 e. The molecule has 0 aliphatic heterocycles. The minimum absolute atomic E-state index is 0.0860. The van der Waals surface area contributed by atoms with E-state index in [0.717, 1.165) is 24.0 Å². The van der Waals surface area contributed by atoms with Gasteiger partial charge in [-0.1, -0.05) is 96.0 Å². The topological polar surface area (TPSA) is 69.7 Å². The summed E-state index contributed by atoms with van der Waals surface area (Å²) in [6.45, 7) is 11.5. The molecule has 0 aliphatic carbocycles. The molecule has 5 nitrogen and oxygen atoms in total. The van der Waals surface area contributed by atoms with E-state index in [1.54, 1.807) is 12.1 Å². The summed E-state index contributed by atoms with van der Waals surface area (Å²) in [5.74, 6) is -0.953. The van der Waals surface area contributed by atoms with Gasteiger partial charge in [0.1, 0.15) is 5.75 Å². The predicted octanol–water partition coefficient (Wildman–Crippen LogP) is 6.85. The summed E-state index contributed by atoms with van der Waals surface area (Å²) in [4.78, 5) is 38.5. The predicted molar refractivity (Wildman–Crippen MR) is 134 cm³/mol. The van der Waals surface area contributed by atoms with Crippen molar-refractivity contribution in [3.63, 3.8) is 0 Å². The first-order chi connectivity index (χ1) is 16.1. The number of carbonyl (C=O) groups excluding carboxylic acids is 3. The average Bonchev–Trinajstić information content (AvgIpc) is 2.80. The third-order valence-corrected chi connectivity index (χ3v) is 5.95. The zero-order valence-electron chi connectivity index (χ0n) is 21.3. The summed E-state index contributed by atoms with van der Waals surface area (Å²) in [7, 11) is 0. The number of rotatable bonds is 12. The van der Waals surface area contributed by atoms with Gasteiger partial charge in [-0.05, 0) is 29.4 Å². The molecule has 0 aromatic heterocycles. The molecule has 0 unspecified atom stereocenters. The Kier molecular flexibility index (Phi) is 10.5. The third-order valence-electron chi connectivity index (χ3n) is 5.95. The van der Waals surface area contributed by atoms with E-state index in [1.807, 2.05) is 71.0 Å². The van der Waals surface area contributed by atoms with Gasteiger partial charge < -0.3 is 9.47 Å². The maximum atomic E-state index is 13.5. The van der Waals surface area contributed by atoms with Gasteiger partial charge in [0.2, 0.25) is 6.10 Å². The highest BCUT2D eigenvalue weighted by Crippen LogP contribution is 2.35. The average molecular weight is 467 g/mol. The minimum atomic E-state index is -1.16. The normalized spacial score (nSPS) is 12.9. The van der Waals surface area contributed by atoms with Crippen LogP contribution in [-0.2, 0) is 14.3 Å². The van der Waals surface area contributed by atoms with Crippen molar-refractivity contribution in [2.45, 2.75) is 85.2 Å². The number of benzene rings is 2. The standard InChI is InChI=1S/C29H38O5/c1-7-8-13-23(18-26(31)22-14-10-9-11-15-22)27(33-21(6)30)29(32)34-28-24(19(2)3)16-12-17-25(28)20(4)5/h9-12,14-17,19-20,23,27H,7-8,13,18H2,1-6H3/t23-,27-/m1/s1. The fourth-order valence-electron chi connectivity index (χ4n) is 4.08. The molecule has 0 bridgehead atoms. The lowest BCUT2D eigenvalue weighted by atomic mass is 9.88. The summed E-state index contributed by atoms with van der Waals surface area (Å²) in [6, 6.07) is 14.8. The van der Waals surface area contributed by atoms with Crippen molar-refractivity contribution in [3.8, 4) is 5.75 Å². The zero-order chi connectivity index (χ0) is 25.3. The number of ketones is 1. The van der Waals surface area contributed by atoms with Crippen LogP contribution in [0.2, 0.25) is 0 Å². The summed E-state index contributed by atoms with van der Waals surface area (Å²) >= 11 is 0. The Balaban J connectivity index is 2.41. The minimum Gasteiger partial charge on any atom is -0.450 e. The van der Waals surface area contributed by atoms with Gasteiger partial charge in [0.15, 0.2) is 5.78 Å². The Bertz CT molecular complexity index is 935. The van der Waals surface area contributed by atoms with E-state index in [0.29, 0.717) is 17.7 Å². The molecule has 0 spiro atoms. The second-order valence-electron chi connectivity index (χ2n) is 9.42. The highest BCUT2D eigenvalue weighted by Gasteiger charge is 2.35. The Morgan fingerprint density at radius 3 is 1.94 bits per heavy atom. The molecule has 0 amide bonds. The van der Waals surface area contributed by atoms with Crippen LogP contribution in [0.5, 0.6) is 5.75 Å². The Hall–Kier alpha value is -2.95. The van der Waals surface area contributed by atoms with Crippen LogP contribution in [0, 0.1) is 5.92 Å². The molecular formula is C29H38O5. The molecule has 0 saturated carbocycles. The molecule has 2 atom stereocenters. The number of carbonyl (C=O) groups is 3. The van der Waals surface area contributed by atoms with Gasteiger partial charge in [0.25, 0.3) is 0 Å². The maximum Gasteiger partial charge on any atom is 0.353 e. The van der Waals surface area contributed by atoms with E-state index in [1.165, 1.54) is 6.92 Å². The highest BCUT2D eigenvalue weighted by molar-refractivity contribution is 5.96. The fourth-order valence-corrected chi connectivity index (χ4v) is 4.08. The molecule has 0 saturated heterocycles. The quantitative estimate of drug-likeness (QED) is 0.194. The van der Waals surface area contributed by atoms with Crippen molar-refractivity contribution in [2.75, 3.05) is 0 Å². The van der Waals surface area contributed by atoms with Gasteiger partial charge >= 0.3 is 11.9 Å². The van der Waals surface area contributed by atoms with Crippen LogP contribution in [-0.4, -0.2) is 23.8 Å². The molecule has 184 valence electrons. The molecule has 5 heteroatoms. The van der Waals surface area contributed by atoms with E-state index in [2.05, 4.69) is 0 Å². The van der Waals surface area contributed by atoms with Gasteiger partial charge in [-0.2, -0.15) is 0 Å². The van der Waals surface area contributed by atoms with Crippen molar-refractivity contribution in [2.24, 2.45) is 5.92 Å². The summed E-state index contributed by atoms with van der Waals surface area (Å²) in [6.07, 6.45) is 1.21. The first-order valence-corrected chi connectivity index (χ1v) is 12.3. The highest BCUT2D eigenvalue weighted by atomic mass is 16.6. The van der Waals surface area contributed by atoms with Gasteiger partial charge in [0.05, 0.1) is 0 Å². The fraction of sp³-hybridized carbons (Fsp3) is 0.483. The van der Waals surface area contributed by atoms with E-state index < -0.39 is 24.0 Å². The first-order valence-electron chi connectivity index (χ1n) is 12.3. The van der Waals surface area contributed by atoms with E-state index in [9.17, 15) is 14.4 Å². The second-order valence-corrected chi connectivity index (χ2v) is 9.42. The van der Waals surface area contributed by atoms with Crippen molar-refractivity contribution in [1.82, 2.24) is 0 Å². The van der Waals surface area contributed by atoms with Gasteiger partial charge in [0, 0.05) is 24.8 Å². The van der Waals surface area contributed by atoms with E-state index in [4.69, 9.17) is 9.47 Å². The monoisotopic (exact) mass is 466 g/mol. The number of ether oxygens (including phenoxy) is 2. The molecule has 0 radical (unpaired) electrons. The Morgan fingerprint density at radius 1 is 0.853 bits per heavy atom. The molecule has 0 aliphatic rings. The number of para-hydroxylation sites is 1. The number of hydrogen-bond acceptors (Lipinski definition) is 5. The van der Waals surface area contributed by atoms with Crippen molar-refractivity contribution in [3.05, 3.63) is 65.2 Å². The van der Waals surface area contributed by atoms with Crippen LogP contribution in [0.3, 0.4) is 0 Å². The Labute approximate surface area is 203 Å². The van der Waals surface area contributed by atoms with Crippen LogP contribution in [0.15, 0.2) is 48.5 Å². The van der Waals surface area contributed by atoms with E-state index in [-0.39, 0.29) is 24.0 Å². The molecule has 2 aromatic carbocycles. The molecule has 2 aromatic rings. The molecule has 0 N–H and O–H groups in total. The van der Waals surface area contributed by atoms with Crippen LogP contribution >= 0.6 is 0 Å². The summed E-state index contributed by atoms with van der Waals surface area (Å²) in [5, 5.41) is 0. The molecule has 0 fully saturated rings. The van der Waals surface area contributed by atoms with E-state index >= 15 is 0 Å². The van der Waals surface area contributed by atoms with Crippen molar-refractivity contribution >= 4 is 17.7 Å². The van der Waals surface area contributed by atoms with Crippen molar-refractivity contribution < 1.29 is 23.9 Å². The molecular weight excluding hydrogens is 428 g/mol. The largest absolute Gasteiger partial charge is 0.450 e. The summed E-state index contributed by atoms with van der Waals surface area (Å²) < 4.78 is 11.5. The summed E-state index contributed by atoms with van der Waals surface area (Å²) in [5.41, 5.74) is 2.42. The van der Waals surface area contributed by atoms with Crippen LogP contribution in [0.25, 0.3) is 0 Å². The molecule has 2 rings (SSSR count). The van der Waals surface area contributed by atoms with Crippen molar-refractivity contribution in [1.29, 1.82) is 0 Å². The zero-order valence-corrected chi connectivity index (χ0v) is 21.3. The maximum absolute atomic E-state index is 13.5. The third kappa shape index (κ3) is 7.54. The number of unbranched alkanes of at least 4 members (excludes halogenated alkanes) is 1. The lowest BCUT2D eigenvalue weighted by Crippen LogP contribution is -2.38. The lowest BCUT2D eigenvalue weighted by molar-refractivity contribution is -0.164. The second kappa shape index (κ2) is 13.1. The number of Topliss-reactive ketones (excluding diaryl/α,β-unsaturated/α-hetero) is 1. The van der Waals surface area contributed by atoms with Crippen LogP contribution in [0.4, 0.5) is 0 Å². The Morgan fingerprint density at radius 2 is 1.44 bits per heavy atom. The molecule has 34 heavy (non-hydrogen) atoms. The van der Waals surface area contributed by atoms with Gasteiger partial charge in [-0.15, -0.1) is 0 Å².